The van der Waals surface area contributed by atoms with Crippen molar-refractivity contribution in [3.8, 4) is 44.5 Å². The first kappa shape index (κ1) is 33.1. The van der Waals surface area contributed by atoms with E-state index >= 15 is 0 Å². The number of rotatable bonds is 6. The molecule has 8 aromatic carbocycles. The van der Waals surface area contributed by atoms with Crippen LogP contribution in [-0.4, -0.2) is 0 Å². The molecule has 0 atom stereocenters. The molecule has 0 fully saturated rings. The first-order valence-electron chi connectivity index (χ1n) is 19.7. The highest BCUT2D eigenvalue weighted by atomic mass is 14.6. The second-order valence-corrected chi connectivity index (χ2v) is 14.4. The third-order valence-electron chi connectivity index (χ3n) is 11.7. The molecular formula is C53H46. The minimum absolute atomic E-state index is 0.423. The Bertz CT molecular complexity index is 2470. The Morgan fingerprint density at radius 1 is 0.358 bits per heavy atom. The Balaban J connectivity index is 0.00000183. The molecule has 0 aliphatic heterocycles. The lowest BCUT2D eigenvalue weighted by atomic mass is 9.67. The van der Waals surface area contributed by atoms with Crippen molar-refractivity contribution in [2.45, 2.75) is 58.8 Å². The van der Waals surface area contributed by atoms with Gasteiger partial charge in [-0.05, 0) is 112 Å². The van der Waals surface area contributed by atoms with Crippen molar-refractivity contribution in [1.29, 1.82) is 0 Å². The summed E-state index contributed by atoms with van der Waals surface area (Å²) in [6.07, 6.45) is 4.27. The van der Waals surface area contributed by atoms with E-state index in [9.17, 15) is 0 Å². The van der Waals surface area contributed by atoms with Crippen LogP contribution in [0.4, 0.5) is 0 Å². The Morgan fingerprint density at radius 3 is 1.19 bits per heavy atom. The first-order chi connectivity index (χ1) is 26.3. The van der Waals surface area contributed by atoms with E-state index in [2.05, 4.69) is 172 Å². The Kier molecular flexibility index (Phi) is 8.35. The van der Waals surface area contributed by atoms with Gasteiger partial charge in [0.25, 0.3) is 0 Å². The fraction of sp³-hybridized carbons (Fsp3) is 0.170. The molecule has 0 nitrogen and oxygen atoms in total. The van der Waals surface area contributed by atoms with E-state index in [1.165, 1.54) is 99.4 Å². The van der Waals surface area contributed by atoms with Crippen LogP contribution < -0.4 is 0 Å². The minimum atomic E-state index is -0.423. The van der Waals surface area contributed by atoms with Gasteiger partial charge in [-0.2, -0.15) is 0 Å². The van der Waals surface area contributed by atoms with Crippen molar-refractivity contribution in [2.75, 3.05) is 0 Å². The number of aryl methyl sites for hydroxylation is 2. The van der Waals surface area contributed by atoms with E-state index in [0.717, 1.165) is 25.7 Å². The van der Waals surface area contributed by atoms with Gasteiger partial charge in [-0.25, -0.2) is 0 Å². The standard InChI is InChI=1S/C51H40.C2H6/c1-3-15-35-29-31-41(39-25-13-19-33-17-5-7-21-37(33)39)47-43-23-9-11-27-45(43)51(49(35)47)46-28-12-10-24-44(46)48-42(32-30-36(16-4-2)50(48)51)40-26-14-20-34-18-6-8-22-38(34)40;1-2/h5-14,17-32H,3-4,15-16H2,1-2H3;1-2H3. The second kappa shape index (κ2) is 13.4. The average Bonchev–Trinajstić information content (AvgIpc) is 3.70. The van der Waals surface area contributed by atoms with Gasteiger partial charge in [0.1, 0.15) is 0 Å². The fourth-order valence-corrected chi connectivity index (χ4v) is 9.90. The van der Waals surface area contributed by atoms with Gasteiger partial charge in [0.2, 0.25) is 0 Å². The number of benzene rings is 8. The van der Waals surface area contributed by atoms with Gasteiger partial charge in [-0.1, -0.05) is 198 Å². The smallest absolute Gasteiger partial charge is 0.0683 e. The zero-order valence-corrected chi connectivity index (χ0v) is 31.3. The zero-order chi connectivity index (χ0) is 36.1. The second-order valence-electron chi connectivity index (χ2n) is 14.4. The van der Waals surface area contributed by atoms with Gasteiger partial charge < -0.3 is 0 Å². The van der Waals surface area contributed by atoms with Crippen molar-refractivity contribution >= 4 is 21.5 Å². The van der Waals surface area contributed by atoms with Gasteiger partial charge in [0, 0.05) is 0 Å². The SMILES string of the molecule is CC.CCCc1ccc(-c2cccc3ccccc23)c2c1C1(c3ccccc3-2)c2ccccc2-c2c(-c3cccc4ccccc34)ccc(CCC)c21. The lowest BCUT2D eigenvalue weighted by Gasteiger charge is -2.34. The summed E-state index contributed by atoms with van der Waals surface area (Å²) in [7, 11) is 0. The predicted molar refractivity (Wildman–Crippen MR) is 228 cm³/mol. The maximum absolute atomic E-state index is 2.47. The molecule has 1 spiro atoms. The molecule has 8 aromatic rings. The van der Waals surface area contributed by atoms with Crippen LogP contribution in [0.1, 0.15) is 73.9 Å². The van der Waals surface area contributed by atoms with Gasteiger partial charge in [-0.15, -0.1) is 0 Å². The van der Waals surface area contributed by atoms with Crippen LogP contribution in [0.2, 0.25) is 0 Å². The number of fused-ring (bicyclic) bond motifs is 12. The highest BCUT2D eigenvalue weighted by Crippen LogP contribution is 2.67. The third kappa shape index (κ3) is 4.75. The average molecular weight is 683 g/mol. The van der Waals surface area contributed by atoms with Crippen LogP contribution in [0.15, 0.2) is 158 Å². The van der Waals surface area contributed by atoms with Gasteiger partial charge in [0.05, 0.1) is 5.41 Å². The van der Waals surface area contributed by atoms with Crippen LogP contribution >= 0.6 is 0 Å². The molecular weight excluding hydrogens is 637 g/mol. The summed E-state index contributed by atoms with van der Waals surface area (Å²) in [5, 5.41) is 5.18. The molecule has 2 aliphatic carbocycles. The molecule has 0 unspecified atom stereocenters. The van der Waals surface area contributed by atoms with E-state index in [-0.39, 0.29) is 0 Å². The van der Waals surface area contributed by atoms with E-state index < -0.39 is 5.41 Å². The maximum Gasteiger partial charge on any atom is 0.0731 e. The maximum atomic E-state index is 2.47. The summed E-state index contributed by atoms with van der Waals surface area (Å²) in [6.45, 7) is 8.66. The van der Waals surface area contributed by atoms with Crippen LogP contribution in [0, 0.1) is 0 Å². The number of hydrogen-bond donors (Lipinski definition) is 0. The molecule has 0 bridgehead atoms. The molecule has 0 radical (unpaired) electrons. The van der Waals surface area contributed by atoms with Crippen molar-refractivity contribution in [1.82, 2.24) is 0 Å². The summed E-state index contributed by atoms with van der Waals surface area (Å²) in [5.74, 6) is 0. The largest absolute Gasteiger partial charge is 0.0731 e. The molecule has 2 aliphatic rings. The normalized spacial score (nSPS) is 13.0. The molecule has 258 valence electrons. The lowest BCUT2D eigenvalue weighted by Crippen LogP contribution is -2.28. The highest BCUT2D eigenvalue weighted by Gasteiger charge is 2.54. The number of hydrogen-bond acceptors (Lipinski definition) is 0. The Labute approximate surface area is 314 Å². The van der Waals surface area contributed by atoms with Crippen molar-refractivity contribution in [2.24, 2.45) is 0 Å². The lowest BCUT2D eigenvalue weighted by molar-refractivity contribution is 0.749. The summed E-state index contributed by atoms with van der Waals surface area (Å²) < 4.78 is 0. The Morgan fingerprint density at radius 2 is 0.736 bits per heavy atom. The van der Waals surface area contributed by atoms with E-state index in [1.54, 1.807) is 0 Å². The predicted octanol–water partition coefficient (Wildman–Crippen LogP) is 14.6. The minimum Gasteiger partial charge on any atom is -0.0683 e. The quantitative estimate of drug-likeness (QED) is 0.164. The molecule has 0 heteroatoms. The summed E-state index contributed by atoms with van der Waals surface area (Å²) in [6, 6.07) is 60.0. The van der Waals surface area contributed by atoms with Gasteiger partial charge in [0.15, 0.2) is 0 Å². The molecule has 0 N–H and O–H groups in total. The van der Waals surface area contributed by atoms with E-state index in [0.29, 0.717) is 0 Å². The summed E-state index contributed by atoms with van der Waals surface area (Å²) >= 11 is 0. The van der Waals surface area contributed by atoms with Crippen molar-refractivity contribution < 1.29 is 0 Å². The van der Waals surface area contributed by atoms with Gasteiger partial charge in [-0.3, -0.25) is 0 Å². The third-order valence-corrected chi connectivity index (χ3v) is 11.7. The molecule has 0 aromatic heterocycles. The van der Waals surface area contributed by atoms with Crippen molar-refractivity contribution in [3.63, 3.8) is 0 Å². The Hall–Kier alpha value is -5.72. The molecule has 0 saturated heterocycles. The van der Waals surface area contributed by atoms with E-state index in [4.69, 9.17) is 0 Å². The highest BCUT2D eigenvalue weighted by molar-refractivity contribution is 6.09. The first-order valence-corrected chi connectivity index (χ1v) is 19.7. The van der Waals surface area contributed by atoms with Crippen LogP contribution in [0.3, 0.4) is 0 Å². The van der Waals surface area contributed by atoms with Crippen LogP contribution in [0.5, 0.6) is 0 Å². The topological polar surface area (TPSA) is 0 Å². The molecule has 53 heavy (non-hydrogen) atoms. The fourth-order valence-electron chi connectivity index (χ4n) is 9.90. The van der Waals surface area contributed by atoms with Crippen LogP contribution in [0.25, 0.3) is 66.1 Å². The molecule has 0 heterocycles. The molecule has 10 rings (SSSR count). The summed E-state index contributed by atoms with van der Waals surface area (Å²) in [4.78, 5) is 0. The van der Waals surface area contributed by atoms with E-state index in [1.807, 2.05) is 13.8 Å². The van der Waals surface area contributed by atoms with Gasteiger partial charge >= 0.3 is 0 Å². The summed E-state index contributed by atoms with van der Waals surface area (Å²) in [5.41, 5.74) is 19.2. The molecule has 0 saturated carbocycles. The zero-order valence-electron chi connectivity index (χ0n) is 31.3. The monoisotopic (exact) mass is 682 g/mol. The van der Waals surface area contributed by atoms with Crippen LogP contribution in [-0.2, 0) is 18.3 Å². The molecule has 0 amide bonds. The van der Waals surface area contributed by atoms with Crippen molar-refractivity contribution in [3.05, 3.63) is 191 Å².